The Hall–Kier alpha value is -1.82. The summed E-state index contributed by atoms with van der Waals surface area (Å²) in [4.78, 5) is 0. The number of aromatic nitrogens is 1. The van der Waals surface area contributed by atoms with E-state index in [1.165, 1.54) is 3.57 Å². The lowest BCUT2D eigenvalue weighted by molar-refractivity contribution is -0.674. The molecule has 21 heavy (non-hydrogen) atoms. The van der Waals surface area contributed by atoms with Crippen molar-refractivity contribution in [2.45, 2.75) is 13.5 Å². The molecule has 0 saturated heterocycles. The van der Waals surface area contributed by atoms with Gasteiger partial charge in [-0.2, -0.15) is 4.57 Å². The van der Waals surface area contributed by atoms with Crippen molar-refractivity contribution < 1.29 is 8.98 Å². The fraction of sp³-hybridized carbons (Fsp3) is 0.118. The van der Waals surface area contributed by atoms with Crippen LogP contribution in [-0.4, -0.2) is 0 Å². The summed E-state index contributed by atoms with van der Waals surface area (Å²) in [6, 6.07) is 16.3. The Bertz CT molecular complexity index is 778. The molecule has 0 amide bonds. The van der Waals surface area contributed by atoms with Crippen molar-refractivity contribution in [1.82, 2.24) is 0 Å². The van der Waals surface area contributed by atoms with Gasteiger partial charge in [-0.25, -0.2) is 0 Å². The maximum atomic E-state index is 5.92. The summed E-state index contributed by atoms with van der Waals surface area (Å²) in [5.41, 5.74) is 3.10. The van der Waals surface area contributed by atoms with Crippen LogP contribution in [0.15, 0.2) is 59.1 Å². The van der Waals surface area contributed by atoms with Gasteiger partial charge >= 0.3 is 5.89 Å². The first-order valence-electron chi connectivity index (χ1n) is 6.88. The number of para-hydroxylation sites is 1. The van der Waals surface area contributed by atoms with Crippen molar-refractivity contribution in [3.05, 3.63) is 64.2 Å². The van der Waals surface area contributed by atoms with Crippen LogP contribution in [-0.2, 0) is 6.54 Å². The summed E-state index contributed by atoms with van der Waals surface area (Å²) in [5, 5.41) is 3.24. The van der Waals surface area contributed by atoms with Crippen molar-refractivity contribution in [1.29, 1.82) is 0 Å². The first-order chi connectivity index (χ1) is 10.3. The molecule has 0 radical (unpaired) electrons. The van der Waals surface area contributed by atoms with Crippen LogP contribution in [0.1, 0.15) is 12.8 Å². The minimum absolute atomic E-state index is 0.845. The molecular formula is C17H16IN2O+. The molecule has 3 aromatic rings. The van der Waals surface area contributed by atoms with Crippen LogP contribution < -0.4 is 9.88 Å². The number of oxazole rings is 1. The minimum atomic E-state index is 0.845. The van der Waals surface area contributed by atoms with Gasteiger partial charge in [0.15, 0.2) is 0 Å². The molecule has 0 aliphatic carbocycles. The highest BCUT2D eigenvalue weighted by molar-refractivity contribution is 14.1. The normalized spacial score (nSPS) is 11.3. The Morgan fingerprint density at radius 2 is 2.00 bits per heavy atom. The van der Waals surface area contributed by atoms with Gasteiger partial charge in [0.2, 0.25) is 5.58 Å². The van der Waals surface area contributed by atoms with E-state index in [0.29, 0.717) is 0 Å². The van der Waals surface area contributed by atoms with Crippen molar-refractivity contribution >= 4 is 45.5 Å². The molecule has 0 saturated carbocycles. The third kappa shape index (κ3) is 3.10. The van der Waals surface area contributed by atoms with E-state index in [1.807, 2.05) is 48.7 Å². The zero-order valence-electron chi connectivity index (χ0n) is 11.7. The Morgan fingerprint density at radius 1 is 1.19 bits per heavy atom. The highest BCUT2D eigenvalue weighted by Crippen LogP contribution is 2.18. The number of nitrogens with one attached hydrogen (secondary N) is 1. The average Bonchev–Trinajstić information content (AvgIpc) is 2.85. The van der Waals surface area contributed by atoms with Gasteiger partial charge in [-0.1, -0.05) is 18.2 Å². The molecule has 1 N–H and O–H groups in total. The standard InChI is InChI=1S/C17H15IN2O/c1-2-20-15-12-13(18)8-9-16(15)21-17(20)10-11-19-14-6-4-3-5-7-14/h3-12H,2H2,1H3/p+1. The molecule has 1 heterocycles. The summed E-state index contributed by atoms with van der Waals surface area (Å²) in [5.74, 6) is 0.845. The molecule has 106 valence electrons. The molecule has 0 unspecified atom stereocenters. The highest BCUT2D eigenvalue weighted by atomic mass is 127. The Balaban J connectivity index is 1.89. The number of anilines is 1. The second-order valence-electron chi connectivity index (χ2n) is 4.64. The van der Waals surface area contributed by atoms with Crippen LogP contribution in [0.25, 0.3) is 17.2 Å². The molecule has 0 atom stereocenters. The van der Waals surface area contributed by atoms with E-state index in [9.17, 15) is 0 Å². The van der Waals surface area contributed by atoms with E-state index in [1.54, 1.807) is 0 Å². The summed E-state index contributed by atoms with van der Waals surface area (Å²) < 4.78 is 9.29. The molecule has 0 bridgehead atoms. The lowest BCUT2D eigenvalue weighted by Crippen LogP contribution is -2.33. The van der Waals surface area contributed by atoms with Crippen molar-refractivity contribution in [2.24, 2.45) is 0 Å². The van der Waals surface area contributed by atoms with E-state index >= 15 is 0 Å². The number of fused-ring (bicyclic) bond motifs is 1. The SMILES string of the molecule is CC[n+]1c(C=CNc2ccccc2)oc2ccc(I)cc21. The lowest BCUT2D eigenvalue weighted by atomic mass is 10.3. The van der Waals surface area contributed by atoms with Gasteiger partial charge in [0.1, 0.15) is 6.54 Å². The van der Waals surface area contributed by atoms with Crippen LogP contribution in [0.5, 0.6) is 0 Å². The van der Waals surface area contributed by atoms with Gasteiger partial charge in [-0.05, 0) is 53.8 Å². The average molecular weight is 391 g/mol. The molecule has 1 aromatic heterocycles. The fourth-order valence-corrected chi connectivity index (χ4v) is 2.74. The van der Waals surface area contributed by atoms with Crippen molar-refractivity contribution in [3.8, 4) is 0 Å². The van der Waals surface area contributed by atoms with Crippen molar-refractivity contribution in [2.75, 3.05) is 5.32 Å². The van der Waals surface area contributed by atoms with Gasteiger partial charge in [-0.3, -0.25) is 0 Å². The number of benzene rings is 2. The number of rotatable bonds is 4. The molecule has 0 spiro atoms. The van der Waals surface area contributed by atoms with Crippen LogP contribution in [0.2, 0.25) is 0 Å². The molecule has 2 aromatic carbocycles. The zero-order chi connectivity index (χ0) is 14.7. The zero-order valence-corrected chi connectivity index (χ0v) is 13.9. The Morgan fingerprint density at radius 3 is 2.76 bits per heavy atom. The third-order valence-electron chi connectivity index (χ3n) is 3.26. The summed E-state index contributed by atoms with van der Waals surface area (Å²) in [6.07, 6.45) is 3.87. The fourth-order valence-electron chi connectivity index (χ4n) is 2.27. The first-order valence-corrected chi connectivity index (χ1v) is 7.96. The first kappa shape index (κ1) is 14.1. The maximum Gasteiger partial charge on any atom is 0.375 e. The number of aryl methyl sites for hydroxylation is 1. The van der Waals surface area contributed by atoms with E-state index in [0.717, 1.165) is 29.2 Å². The van der Waals surface area contributed by atoms with Gasteiger partial charge < -0.3 is 9.73 Å². The van der Waals surface area contributed by atoms with Crippen LogP contribution in [0.4, 0.5) is 5.69 Å². The van der Waals surface area contributed by atoms with E-state index in [4.69, 9.17) is 4.42 Å². The van der Waals surface area contributed by atoms with Crippen molar-refractivity contribution in [3.63, 3.8) is 0 Å². The van der Waals surface area contributed by atoms with Gasteiger partial charge in [0.05, 0.1) is 6.08 Å². The van der Waals surface area contributed by atoms with Crippen LogP contribution >= 0.6 is 22.6 Å². The van der Waals surface area contributed by atoms with Gasteiger partial charge in [0.25, 0.3) is 5.52 Å². The topological polar surface area (TPSA) is 29.1 Å². The van der Waals surface area contributed by atoms with E-state index in [-0.39, 0.29) is 0 Å². The third-order valence-corrected chi connectivity index (χ3v) is 3.93. The van der Waals surface area contributed by atoms with Crippen LogP contribution in [0, 0.1) is 3.57 Å². The Labute approximate surface area is 137 Å². The highest BCUT2D eigenvalue weighted by Gasteiger charge is 2.18. The van der Waals surface area contributed by atoms with Gasteiger partial charge in [-0.15, -0.1) is 0 Å². The number of hydrogen-bond donors (Lipinski definition) is 1. The summed E-state index contributed by atoms with van der Waals surface area (Å²) >= 11 is 2.32. The molecule has 0 aliphatic rings. The predicted octanol–water partition coefficient (Wildman–Crippen LogP) is 4.43. The number of nitrogens with zero attached hydrogens (tertiary/aromatic N) is 1. The molecule has 4 heteroatoms. The molecular weight excluding hydrogens is 375 g/mol. The lowest BCUT2D eigenvalue weighted by Gasteiger charge is -1.97. The monoisotopic (exact) mass is 391 g/mol. The smallest absolute Gasteiger partial charge is 0.375 e. The second-order valence-corrected chi connectivity index (χ2v) is 5.89. The van der Waals surface area contributed by atoms with Gasteiger partial charge in [0, 0.05) is 21.5 Å². The molecule has 3 nitrogen and oxygen atoms in total. The molecule has 3 rings (SSSR count). The summed E-state index contributed by atoms with van der Waals surface area (Å²) in [6.45, 7) is 2.99. The second kappa shape index (κ2) is 6.30. The minimum Gasteiger partial charge on any atom is -0.398 e. The number of hydrogen-bond acceptors (Lipinski definition) is 2. The number of halogens is 1. The molecule has 0 fully saturated rings. The maximum absolute atomic E-state index is 5.92. The Kier molecular flexibility index (Phi) is 4.24. The van der Waals surface area contributed by atoms with E-state index in [2.05, 4.69) is 51.5 Å². The summed E-state index contributed by atoms with van der Waals surface area (Å²) in [7, 11) is 0. The largest absolute Gasteiger partial charge is 0.398 e. The van der Waals surface area contributed by atoms with E-state index < -0.39 is 0 Å². The predicted molar refractivity (Wildman–Crippen MR) is 93.9 cm³/mol. The quantitative estimate of drug-likeness (QED) is 0.527. The van der Waals surface area contributed by atoms with Crippen LogP contribution in [0.3, 0.4) is 0 Å². The molecule has 0 aliphatic heterocycles.